The Kier molecular flexibility index (Phi) is 4.29. The largest absolute Gasteiger partial charge is 0.486 e. The van der Waals surface area contributed by atoms with E-state index >= 15 is 0 Å². The molecule has 2 heterocycles. The van der Waals surface area contributed by atoms with E-state index in [0.29, 0.717) is 36.2 Å². The first-order valence-electron chi connectivity index (χ1n) is 7.65. The van der Waals surface area contributed by atoms with Gasteiger partial charge in [0.05, 0.1) is 0 Å². The molecule has 0 aliphatic carbocycles. The van der Waals surface area contributed by atoms with Gasteiger partial charge in [0.2, 0.25) is 0 Å². The SMILES string of the molecule is CC(NC(=O)c1ccc2c(c1)OCCO2)C1CCNCC1. The zero-order valence-corrected chi connectivity index (χ0v) is 12.4. The first-order chi connectivity index (χ1) is 10.2. The Labute approximate surface area is 125 Å². The minimum absolute atomic E-state index is 0.0435. The quantitative estimate of drug-likeness (QED) is 0.887. The summed E-state index contributed by atoms with van der Waals surface area (Å²) in [5.41, 5.74) is 0.625. The number of fused-ring (bicyclic) bond motifs is 1. The van der Waals surface area contributed by atoms with Crippen molar-refractivity contribution in [3.63, 3.8) is 0 Å². The highest BCUT2D eigenvalue weighted by Crippen LogP contribution is 2.30. The fraction of sp³-hybridized carbons (Fsp3) is 0.562. The highest BCUT2D eigenvalue weighted by molar-refractivity contribution is 5.95. The predicted octanol–water partition coefficient (Wildman–Crippen LogP) is 1.58. The average molecular weight is 290 g/mol. The van der Waals surface area contributed by atoms with Gasteiger partial charge in [-0.2, -0.15) is 0 Å². The van der Waals surface area contributed by atoms with Gasteiger partial charge in [-0.25, -0.2) is 0 Å². The summed E-state index contributed by atoms with van der Waals surface area (Å²) in [5.74, 6) is 1.87. The van der Waals surface area contributed by atoms with Crippen molar-refractivity contribution >= 4 is 5.91 Å². The fourth-order valence-corrected chi connectivity index (χ4v) is 2.94. The van der Waals surface area contributed by atoms with E-state index in [1.165, 1.54) is 0 Å². The van der Waals surface area contributed by atoms with Gasteiger partial charge in [-0.05, 0) is 57.0 Å². The van der Waals surface area contributed by atoms with Crippen LogP contribution in [0.5, 0.6) is 11.5 Å². The number of nitrogens with one attached hydrogen (secondary N) is 2. The van der Waals surface area contributed by atoms with Crippen LogP contribution in [0, 0.1) is 5.92 Å². The number of piperidine rings is 1. The van der Waals surface area contributed by atoms with Gasteiger partial charge in [-0.15, -0.1) is 0 Å². The molecule has 5 nitrogen and oxygen atoms in total. The molecule has 0 saturated carbocycles. The molecule has 0 aromatic heterocycles. The van der Waals surface area contributed by atoms with Crippen LogP contribution in [0.2, 0.25) is 0 Å². The third kappa shape index (κ3) is 3.29. The Morgan fingerprint density at radius 3 is 2.71 bits per heavy atom. The van der Waals surface area contributed by atoms with Gasteiger partial charge >= 0.3 is 0 Å². The second-order valence-electron chi connectivity index (χ2n) is 5.71. The number of amides is 1. The summed E-state index contributed by atoms with van der Waals surface area (Å²) >= 11 is 0. The van der Waals surface area contributed by atoms with Gasteiger partial charge in [0.1, 0.15) is 13.2 Å². The number of ether oxygens (including phenoxy) is 2. The summed E-state index contributed by atoms with van der Waals surface area (Å²) in [6.45, 7) is 5.25. The second kappa shape index (κ2) is 6.35. The van der Waals surface area contributed by atoms with Crippen LogP contribution in [0.3, 0.4) is 0 Å². The van der Waals surface area contributed by atoms with Crippen molar-refractivity contribution in [2.45, 2.75) is 25.8 Å². The van der Waals surface area contributed by atoms with Crippen molar-refractivity contribution in [2.75, 3.05) is 26.3 Å². The van der Waals surface area contributed by atoms with Crippen LogP contribution in [0.4, 0.5) is 0 Å². The van der Waals surface area contributed by atoms with E-state index in [1.807, 2.05) is 0 Å². The topological polar surface area (TPSA) is 59.6 Å². The van der Waals surface area contributed by atoms with Crippen molar-refractivity contribution in [3.05, 3.63) is 23.8 Å². The Balaban J connectivity index is 1.64. The minimum atomic E-state index is -0.0435. The number of hydrogen-bond donors (Lipinski definition) is 2. The first-order valence-corrected chi connectivity index (χ1v) is 7.65. The van der Waals surface area contributed by atoms with Crippen LogP contribution in [-0.2, 0) is 0 Å². The van der Waals surface area contributed by atoms with E-state index in [4.69, 9.17) is 9.47 Å². The highest BCUT2D eigenvalue weighted by atomic mass is 16.6. The van der Waals surface area contributed by atoms with E-state index in [2.05, 4.69) is 17.6 Å². The minimum Gasteiger partial charge on any atom is -0.486 e. The van der Waals surface area contributed by atoms with Crippen LogP contribution in [0.25, 0.3) is 0 Å². The third-order valence-corrected chi connectivity index (χ3v) is 4.25. The predicted molar refractivity (Wildman–Crippen MR) is 80.0 cm³/mol. The summed E-state index contributed by atoms with van der Waals surface area (Å²) < 4.78 is 11.0. The maximum Gasteiger partial charge on any atom is 0.251 e. The van der Waals surface area contributed by atoms with Gasteiger partial charge < -0.3 is 20.1 Å². The Morgan fingerprint density at radius 2 is 1.95 bits per heavy atom. The molecule has 5 heteroatoms. The molecule has 1 amide bonds. The summed E-state index contributed by atoms with van der Waals surface area (Å²) in [5, 5.41) is 6.46. The van der Waals surface area contributed by atoms with E-state index in [0.717, 1.165) is 25.9 Å². The molecule has 1 unspecified atom stereocenters. The lowest BCUT2D eigenvalue weighted by molar-refractivity contribution is 0.0919. The molecular formula is C16H22N2O3. The van der Waals surface area contributed by atoms with Crippen LogP contribution in [0.1, 0.15) is 30.1 Å². The molecule has 2 aliphatic heterocycles. The lowest BCUT2D eigenvalue weighted by atomic mass is 9.91. The van der Waals surface area contributed by atoms with Gasteiger partial charge in [0.25, 0.3) is 5.91 Å². The lowest BCUT2D eigenvalue weighted by Gasteiger charge is -2.29. The molecule has 3 rings (SSSR count). The maximum atomic E-state index is 12.4. The average Bonchev–Trinajstić information content (AvgIpc) is 2.55. The first kappa shape index (κ1) is 14.2. The van der Waals surface area contributed by atoms with E-state index in [9.17, 15) is 4.79 Å². The van der Waals surface area contributed by atoms with Gasteiger partial charge in [-0.3, -0.25) is 4.79 Å². The molecule has 1 aromatic carbocycles. The molecule has 1 aromatic rings. The zero-order chi connectivity index (χ0) is 14.7. The van der Waals surface area contributed by atoms with Crippen molar-refractivity contribution in [2.24, 2.45) is 5.92 Å². The molecule has 1 fully saturated rings. The molecular weight excluding hydrogens is 268 g/mol. The second-order valence-corrected chi connectivity index (χ2v) is 5.71. The van der Waals surface area contributed by atoms with Gasteiger partial charge in [-0.1, -0.05) is 0 Å². The standard InChI is InChI=1S/C16H22N2O3/c1-11(12-4-6-17-7-5-12)18-16(19)13-2-3-14-15(10-13)21-9-8-20-14/h2-3,10-12,17H,4-9H2,1H3,(H,18,19). The number of rotatable bonds is 3. The van der Waals surface area contributed by atoms with Crippen LogP contribution < -0.4 is 20.1 Å². The maximum absolute atomic E-state index is 12.4. The monoisotopic (exact) mass is 290 g/mol. The molecule has 1 saturated heterocycles. The number of hydrogen-bond acceptors (Lipinski definition) is 4. The van der Waals surface area contributed by atoms with E-state index in [-0.39, 0.29) is 11.9 Å². The van der Waals surface area contributed by atoms with Crippen molar-refractivity contribution in [1.29, 1.82) is 0 Å². The molecule has 0 spiro atoms. The van der Waals surface area contributed by atoms with Crippen molar-refractivity contribution in [3.8, 4) is 11.5 Å². The van der Waals surface area contributed by atoms with Gasteiger partial charge in [0.15, 0.2) is 11.5 Å². The molecule has 0 bridgehead atoms. The fourth-order valence-electron chi connectivity index (χ4n) is 2.94. The molecule has 2 N–H and O–H groups in total. The summed E-state index contributed by atoms with van der Waals surface area (Å²) in [7, 11) is 0. The number of carbonyl (C=O) groups excluding carboxylic acids is 1. The molecule has 21 heavy (non-hydrogen) atoms. The summed E-state index contributed by atoms with van der Waals surface area (Å²) in [6, 6.07) is 5.54. The van der Waals surface area contributed by atoms with Crippen LogP contribution in [0.15, 0.2) is 18.2 Å². The number of carbonyl (C=O) groups is 1. The molecule has 114 valence electrons. The lowest BCUT2D eigenvalue weighted by Crippen LogP contribution is -2.42. The zero-order valence-electron chi connectivity index (χ0n) is 12.4. The normalized spacial score (nSPS) is 19.9. The summed E-state index contributed by atoms with van der Waals surface area (Å²) in [6.07, 6.45) is 2.23. The number of benzene rings is 1. The smallest absolute Gasteiger partial charge is 0.251 e. The summed E-state index contributed by atoms with van der Waals surface area (Å²) in [4.78, 5) is 12.4. The third-order valence-electron chi connectivity index (χ3n) is 4.25. The van der Waals surface area contributed by atoms with Crippen molar-refractivity contribution in [1.82, 2.24) is 10.6 Å². The van der Waals surface area contributed by atoms with Crippen LogP contribution >= 0.6 is 0 Å². The van der Waals surface area contributed by atoms with E-state index in [1.54, 1.807) is 18.2 Å². The van der Waals surface area contributed by atoms with Crippen LogP contribution in [-0.4, -0.2) is 38.3 Å². The van der Waals surface area contributed by atoms with Gasteiger partial charge in [0, 0.05) is 11.6 Å². The highest BCUT2D eigenvalue weighted by Gasteiger charge is 2.22. The van der Waals surface area contributed by atoms with Crippen molar-refractivity contribution < 1.29 is 14.3 Å². The molecule has 2 aliphatic rings. The van der Waals surface area contributed by atoms with E-state index < -0.39 is 0 Å². The molecule has 0 radical (unpaired) electrons. The Morgan fingerprint density at radius 1 is 1.24 bits per heavy atom. The Hall–Kier alpha value is -1.75. The Bertz CT molecular complexity index is 512. The molecule has 1 atom stereocenters.